The van der Waals surface area contributed by atoms with E-state index in [1.54, 1.807) is 0 Å². The summed E-state index contributed by atoms with van der Waals surface area (Å²) in [5.41, 5.74) is -2.05. The third-order valence-electron chi connectivity index (χ3n) is 2.61. The van der Waals surface area contributed by atoms with E-state index in [1.807, 2.05) is 0 Å². The van der Waals surface area contributed by atoms with Gasteiger partial charge in [0.1, 0.15) is 5.82 Å². The van der Waals surface area contributed by atoms with Crippen LogP contribution in [0.2, 0.25) is 0 Å². The first-order chi connectivity index (χ1) is 9.38. The Balaban J connectivity index is 2.69. The molecule has 1 rings (SSSR count). The second-order valence-electron chi connectivity index (χ2n) is 4.12. The Morgan fingerprint density at radius 1 is 1.30 bits per heavy atom. The van der Waals surface area contributed by atoms with Crippen molar-refractivity contribution in [1.82, 2.24) is 5.32 Å². The Labute approximate surface area is 113 Å². The quantitative estimate of drug-likeness (QED) is 0.647. The van der Waals surface area contributed by atoms with Gasteiger partial charge >= 0.3 is 6.18 Å². The number of amides is 1. The summed E-state index contributed by atoms with van der Waals surface area (Å²) in [6.45, 7) is 0.770. The number of halogens is 4. The van der Waals surface area contributed by atoms with E-state index >= 15 is 0 Å². The van der Waals surface area contributed by atoms with E-state index in [9.17, 15) is 22.4 Å². The second kappa shape index (κ2) is 7.23. The van der Waals surface area contributed by atoms with E-state index in [4.69, 9.17) is 4.74 Å². The summed E-state index contributed by atoms with van der Waals surface area (Å²) >= 11 is 0. The summed E-state index contributed by atoms with van der Waals surface area (Å²) in [7, 11) is 1.54. The van der Waals surface area contributed by atoms with Crippen LogP contribution in [0.15, 0.2) is 18.2 Å². The molecule has 0 aromatic heterocycles. The normalized spacial score (nSPS) is 11.4. The fraction of sp³-hybridized carbons (Fsp3) is 0.462. The maximum absolute atomic E-state index is 13.6. The lowest BCUT2D eigenvalue weighted by atomic mass is 10.1. The van der Waals surface area contributed by atoms with Gasteiger partial charge in [-0.2, -0.15) is 13.2 Å². The van der Waals surface area contributed by atoms with E-state index < -0.39 is 29.0 Å². The van der Waals surface area contributed by atoms with Crippen LogP contribution in [0.25, 0.3) is 0 Å². The fourth-order valence-electron chi connectivity index (χ4n) is 1.59. The number of rotatable bonds is 6. The molecule has 0 atom stereocenters. The molecule has 1 N–H and O–H groups in total. The van der Waals surface area contributed by atoms with Crippen LogP contribution < -0.4 is 5.32 Å². The van der Waals surface area contributed by atoms with Gasteiger partial charge in [-0.3, -0.25) is 4.79 Å². The summed E-state index contributed by atoms with van der Waals surface area (Å²) in [5.74, 6) is -2.40. The number of hydrogen-bond acceptors (Lipinski definition) is 2. The number of unbranched alkanes of at least 4 members (excludes halogenated alkanes) is 1. The first-order valence-electron chi connectivity index (χ1n) is 6.00. The molecule has 1 aromatic carbocycles. The van der Waals surface area contributed by atoms with Crippen LogP contribution in [-0.2, 0) is 10.9 Å². The lowest BCUT2D eigenvalue weighted by molar-refractivity contribution is -0.140. The molecule has 0 aliphatic rings. The highest BCUT2D eigenvalue weighted by Crippen LogP contribution is 2.32. The average molecular weight is 293 g/mol. The molecule has 0 saturated heterocycles. The molecule has 0 spiro atoms. The summed E-state index contributed by atoms with van der Waals surface area (Å²) in [6, 6.07) is 2.63. The molecular weight excluding hydrogens is 278 g/mol. The van der Waals surface area contributed by atoms with Gasteiger partial charge in [0.05, 0.1) is 11.1 Å². The van der Waals surface area contributed by atoms with Gasteiger partial charge in [-0.1, -0.05) is 6.07 Å². The molecule has 1 amide bonds. The predicted molar refractivity (Wildman–Crippen MR) is 64.8 cm³/mol. The molecule has 3 nitrogen and oxygen atoms in total. The molecule has 112 valence electrons. The minimum absolute atomic E-state index is 0.248. The molecule has 1 aromatic rings. The van der Waals surface area contributed by atoms with Gasteiger partial charge in [-0.15, -0.1) is 0 Å². The van der Waals surface area contributed by atoms with Gasteiger partial charge in [0.2, 0.25) is 0 Å². The van der Waals surface area contributed by atoms with E-state index in [0.717, 1.165) is 12.1 Å². The van der Waals surface area contributed by atoms with E-state index in [1.165, 1.54) is 7.11 Å². The number of carbonyl (C=O) groups excluding carboxylic acids is 1. The van der Waals surface area contributed by atoms with Crippen LogP contribution in [0.5, 0.6) is 0 Å². The van der Waals surface area contributed by atoms with Crippen LogP contribution in [-0.4, -0.2) is 26.2 Å². The zero-order valence-corrected chi connectivity index (χ0v) is 10.9. The number of alkyl halides is 3. The maximum Gasteiger partial charge on any atom is 0.419 e. The van der Waals surface area contributed by atoms with Gasteiger partial charge in [-0.25, -0.2) is 4.39 Å². The SMILES string of the molecule is COCCCCNC(=O)c1cccc(C(F)(F)F)c1F. The molecule has 0 fully saturated rings. The van der Waals surface area contributed by atoms with E-state index in [-0.39, 0.29) is 6.54 Å². The minimum Gasteiger partial charge on any atom is -0.385 e. The molecule has 0 bridgehead atoms. The molecule has 20 heavy (non-hydrogen) atoms. The van der Waals surface area contributed by atoms with Crippen molar-refractivity contribution in [3.8, 4) is 0 Å². The summed E-state index contributed by atoms with van der Waals surface area (Å²) in [6.07, 6.45) is -3.53. The molecule has 0 unspecified atom stereocenters. The zero-order chi connectivity index (χ0) is 15.2. The molecule has 0 aliphatic carbocycles. The lowest BCUT2D eigenvalue weighted by Crippen LogP contribution is -2.26. The summed E-state index contributed by atoms with van der Waals surface area (Å²) in [5, 5.41) is 2.38. The summed E-state index contributed by atoms with van der Waals surface area (Å²) in [4.78, 5) is 11.6. The lowest BCUT2D eigenvalue weighted by Gasteiger charge is -2.11. The minimum atomic E-state index is -4.82. The van der Waals surface area contributed by atoms with Crippen LogP contribution >= 0.6 is 0 Å². The highest BCUT2D eigenvalue weighted by atomic mass is 19.4. The molecule has 0 aliphatic heterocycles. The number of carbonyl (C=O) groups is 1. The van der Waals surface area contributed by atoms with Crippen molar-refractivity contribution in [2.24, 2.45) is 0 Å². The summed E-state index contributed by atoms with van der Waals surface area (Å²) < 4.78 is 55.9. The Hall–Kier alpha value is -1.63. The van der Waals surface area contributed by atoms with Crippen LogP contribution in [0.4, 0.5) is 17.6 Å². The fourth-order valence-corrected chi connectivity index (χ4v) is 1.59. The van der Waals surface area contributed by atoms with Crippen LogP contribution in [0.3, 0.4) is 0 Å². The van der Waals surface area contributed by atoms with Crippen LogP contribution in [0, 0.1) is 5.82 Å². The van der Waals surface area contributed by atoms with E-state index in [0.29, 0.717) is 25.5 Å². The zero-order valence-electron chi connectivity index (χ0n) is 10.9. The van der Waals surface area contributed by atoms with Crippen LogP contribution in [0.1, 0.15) is 28.8 Å². The van der Waals surface area contributed by atoms with Gasteiger partial charge in [0.25, 0.3) is 5.91 Å². The van der Waals surface area contributed by atoms with Crippen molar-refractivity contribution in [2.75, 3.05) is 20.3 Å². The Morgan fingerprint density at radius 3 is 2.60 bits per heavy atom. The standard InChI is InChI=1S/C13H15F4NO2/c1-20-8-3-2-7-18-12(19)9-5-4-6-10(11(9)14)13(15,16)17/h4-6H,2-3,7-8H2,1H3,(H,18,19). The number of hydrogen-bond donors (Lipinski definition) is 1. The van der Waals surface area contributed by atoms with E-state index in [2.05, 4.69) is 5.32 Å². The Morgan fingerprint density at radius 2 is 2.00 bits per heavy atom. The Bertz CT molecular complexity index is 460. The second-order valence-corrected chi connectivity index (χ2v) is 4.12. The molecule has 7 heteroatoms. The molecule has 0 saturated carbocycles. The smallest absolute Gasteiger partial charge is 0.385 e. The number of benzene rings is 1. The molecule has 0 radical (unpaired) electrons. The first kappa shape index (κ1) is 16.4. The van der Waals surface area contributed by atoms with Crippen molar-refractivity contribution >= 4 is 5.91 Å². The van der Waals surface area contributed by atoms with Crippen molar-refractivity contribution in [1.29, 1.82) is 0 Å². The maximum atomic E-state index is 13.6. The van der Waals surface area contributed by atoms with Gasteiger partial charge in [0, 0.05) is 20.3 Å². The van der Waals surface area contributed by atoms with Crippen molar-refractivity contribution in [3.05, 3.63) is 35.1 Å². The molecule has 0 heterocycles. The predicted octanol–water partition coefficient (Wildman–Crippen LogP) is 3.00. The topological polar surface area (TPSA) is 38.3 Å². The van der Waals surface area contributed by atoms with Crippen molar-refractivity contribution < 1.29 is 27.1 Å². The highest BCUT2D eigenvalue weighted by molar-refractivity contribution is 5.94. The third-order valence-corrected chi connectivity index (χ3v) is 2.61. The monoisotopic (exact) mass is 293 g/mol. The van der Waals surface area contributed by atoms with Gasteiger partial charge < -0.3 is 10.1 Å². The Kier molecular flexibility index (Phi) is 5.94. The number of methoxy groups -OCH3 is 1. The average Bonchev–Trinajstić information content (AvgIpc) is 2.37. The third kappa shape index (κ3) is 4.48. The highest BCUT2D eigenvalue weighted by Gasteiger charge is 2.35. The molecular formula is C13H15F4NO2. The number of nitrogens with one attached hydrogen (secondary N) is 1. The van der Waals surface area contributed by atoms with Gasteiger partial charge in [-0.05, 0) is 25.0 Å². The first-order valence-corrected chi connectivity index (χ1v) is 6.00. The van der Waals surface area contributed by atoms with Gasteiger partial charge in [0.15, 0.2) is 0 Å². The van der Waals surface area contributed by atoms with Crippen molar-refractivity contribution in [3.63, 3.8) is 0 Å². The largest absolute Gasteiger partial charge is 0.419 e. The van der Waals surface area contributed by atoms with Crippen molar-refractivity contribution in [2.45, 2.75) is 19.0 Å². The number of ether oxygens (including phenoxy) is 1.